The molecule has 0 radical (unpaired) electrons. The SMILES string of the molecule is N#Cc1c(F)cccc1NS(=O)(=O)c1cnccc1NN. The Kier molecular flexibility index (Phi) is 4.02. The highest BCUT2D eigenvalue weighted by Crippen LogP contribution is 2.24. The van der Waals surface area contributed by atoms with Gasteiger partial charge in [0.05, 0.1) is 11.4 Å². The quantitative estimate of drug-likeness (QED) is 0.576. The van der Waals surface area contributed by atoms with Crippen LogP contribution >= 0.6 is 0 Å². The summed E-state index contributed by atoms with van der Waals surface area (Å²) >= 11 is 0. The molecule has 0 spiro atoms. The summed E-state index contributed by atoms with van der Waals surface area (Å²) < 4.78 is 40.2. The lowest BCUT2D eigenvalue weighted by atomic mass is 10.2. The molecule has 0 saturated heterocycles. The van der Waals surface area contributed by atoms with Gasteiger partial charge < -0.3 is 5.43 Å². The summed E-state index contributed by atoms with van der Waals surface area (Å²) in [5.41, 5.74) is 1.79. The number of aromatic nitrogens is 1. The number of nitrogens with zero attached hydrogens (tertiary/aromatic N) is 2. The van der Waals surface area contributed by atoms with E-state index >= 15 is 0 Å². The van der Waals surface area contributed by atoms with Gasteiger partial charge >= 0.3 is 0 Å². The maximum absolute atomic E-state index is 13.5. The number of hydrogen-bond donors (Lipinski definition) is 3. The van der Waals surface area contributed by atoms with Crippen molar-refractivity contribution < 1.29 is 12.8 Å². The third-order valence-electron chi connectivity index (χ3n) is 2.60. The van der Waals surface area contributed by atoms with Crippen molar-refractivity contribution in [2.45, 2.75) is 4.90 Å². The Hall–Kier alpha value is -2.70. The molecule has 2 rings (SSSR count). The molecule has 0 unspecified atom stereocenters. The lowest BCUT2D eigenvalue weighted by Crippen LogP contribution is -2.18. The van der Waals surface area contributed by atoms with Crippen molar-refractivity contribution in [1.82, 2.24) is 4.98 Å². The fraction of sp³-hybridized carbons (Fsp3) is 0. The number of benzene rings is 1. The number of nitrogen functional groups attached to an aromatic ring is 1. The highest BCUT2D eigenvalue weighted by molar-refractivity contribution is 7.92. The molecule has 108 valence electrons. The molecule has 4 N–H and O–H groups in total. The molecule has 0 aliphatic heterocycles. The van der Waals surface area contributed by atoms with Crippen molar-refractivity contribution >= 4 is 21.4 Å². The molecule has 21 heavy (non-hydrogen) atoms. The number of halogens is 1. The molecule has 1 aromatic heterocycles. The second-order valence-corrected chi connectivity index (χ2v) is 5.55. The van der Waals surface area contributed by atoms with Crippen LogP contribution in [0.5, 0.6) is 0 Å². The van der Waals surface area contributed by atoms with E-state index in [0.29, 0.717) is 0 Å². The summed E-state index contributed by atoms with van der Waals surface area (Å²) in [7, 11) is -4.08. The van der Waals surface area contributed by atoms with E-state index < -0.39 is 21.4 Å². The molecule has 0 saturated carbocycles. The number of anilines is 2. The molecule has 0 aliphatic rings. The molecule has 1 heterocycles. The van der Waals surface area contributed by atoms with Gasteiger partial charge in [-0.25, -0.2) is 12.8 Å². The zero-order chi connectivity index (χ0) is 15.5. The minimum Gasteiger partial charge on any atom is -0.323 e. The van der Waals surface area contributed by atoms with Crippen molar-refractivity contribution in [3.63, 3.8) is 0 Å². The number of hydrogen-bond acceptors (Lipinski definition) is 6. The maximum atomic E-state index is 13.5. The first kappa shape index (κ1) is 14.7. The van der Waals surface area contributed by atoms with Gasteiger partial charge in [-0.05, 0) is 18.2 Å². The van der Waals surface area contributed by atoms with E-state index in [9.17, 15) is 12.8 Å². The van der Waals surface area contributed by atoms with E-state index in [4.69, 9.17) is 11.1 Å². The summed E-state index contributed by atoms with van der Waals surface area (Å²) in [6.07, 6.45) is 2.44. The number of nitriles is 1. The van der Waals surface area contributed by atoms with Gasteiger partial charge in [0.2, 0.25) is 0 Å². The predicted molar refractivity (Wildman–Crippen MR) is 74.0 cm³/mol. The molecule has 2 aromatic rings. The molecule has 0 amide bonds. The predicted octanol–water partition coefficient (Wildman–Crippen LogP) is 1.18. The first-order valence-electron chi connectivity index (χ1n) is 5.61. The van der Waals surface area contributed by atoms with Crippen molar-refractivity contribution in [1.29, 1.82) is 5.26 Å². The monoisotopic (exact) mass is 307 g/mol. The third kappa shape index (κ3) is 2.91. The van der Waals surface area contributed by atoms with Gasteiger partial charge in [-0.2, -0.15) is 5.26 Å². The second-order valence-electron chi connectivity index (χ2n) is 3.90. The van der Waals surface area contributed by atoms with Crippen LogP contribution in [0.4, 0.5) is 15.8 Å². The highest BCUT2D eigenvalue weighted by Gasteiger charge is 2.21. The molecule has 0 atom stereocenters. The van der Waals surface area contributed by atoms with Crippen molar-refractivity contribution in [3.05, 3.63) is 48.0 Å². The van der Waals surface area contributed by atoms with Gasteiger partial charge in [0.1, 0.15) is 22.3 Å². The Morgan fingerprint density at radius 3 is 2.71 bits per heavy atom. The van der Waals surface area contributed by atoms with Crippen LogP contribution in [-0.2, 0) is 10.0 Å². The lowest BCUT2D eigenvalue weighted by molar-refractivity contribution is 0.601. The topological polar surface area (TPSA) is 121 Å². The summed E-state index contributed by atoms with van der Waals surface area (Å²) in [6, 6.07) is 6.61. The number of hydrazine groups is 1. The van der Waals surface area contributed by atoms with Crippen LogP contribution < -0.4 is 16.0 Å². The van der Waals surface area contributed by atoms with Crippen LogP contribution in [0.25, 0.3) is 0 Å². The Morgan fingerprint density at radius 2 is 2.05 bits per heavy atom. The summed E-state index contributed by atoms with van der Waals surface area (Å²) in [5, 5.41) is 8.90. The van der Waals surface area contributed by atoms with Crippen molar-refractivity contribution in [2.24, 2.45) is 5.84 Å². The normalized spacial score (nSPS) is 10.7. The van der Waals surface area contributed by atoms with Gasteiger partial charge in [-0.1, -0.05) is 6.07 Å². The van der Waals surface area contributed by atoms with Crippen LogP contribution in [0.15, 0.2) is 41.6 Å². The molecular formula is C12H10FN5O2S. The average Bonchev–Trinajstić information content (AvgIpc) is 2.47. The van der Waals surface area contributed by atoms with Crippen molar-refractivity contribution in [3.8, 4) is 6.07 Å². The van der Waals surface area contributed by atoms with Crippen LogP contribution in [0.2, 0.25) is 0 Å². The van der Waals surface area contributed by atoms with Crippen LogP contribution in [0.3, 0.4) is 0 Å². The van der Waals surface area contributed by atoms with Crippen LogP contribution in [-0.4, -0.2) is 13.4 Å². The smallest absolute Gasteiger partial charge is 0.265 e. The Labute approximate surface area is 120 Å². The standard InChI is InChI=1S/C12H10FN5O2S/c13-9-2-1-3-10(8(9)6-14)18-21(19,20)12-7-16-5-4-11(12)17-15/h1-5,7,18H,15H2,(H,16,17). The molecule has 7 nitrogen and oxygen atoms in total. The second kappa shape index (κ2) is 5.74. The number of nitrogens with two attached hydrogens (primary N) is 1. The summed E-state index contributed by atoms with van der Waals surface area (Å²) in [6.45, 7) is 0. The van der Waals surface area contributed by atoms with E-state index in [0.717, 1.165) is 12.3 Å². The largest absolute Gasteiger partial charge is 0.323 e. The maximum Gasteiger partial charge on any atom is 0.265 e. The minimum atomic E-state index is -4.08. The Balaban J connectivity index is 2.48. The third-order valence-corrected chi connectivity index (χ3v) is 3.99. The van der Waals surface area contributed by atoms with Gasteiger partial charge in [-0.3, -0.25) is 15.5 Å². The molecular weight excluding hydrogens is 297 g/mol. The van der Waals surface area contributed by atoms with E-state index in [1.165, 1.54) is 24.4 Å². The number of pyridine rings is 1. The fourth-order valence-electron chi connectivity index (χ4n) is 1.64. The number of sulfonamides is 1. The number of rotatable bonds is 4. The zero-order valence-electron chi connectivity index (χ0n) is 10.5. The van der Waals surface area contributed by atoms with E-state index in [1.807, 2.05) is 0 Å². The van der Waals surface area contributed by atoms with Gasteiger partial charge in [0, 0.05) is 12.4 Å². The molecule has 9 heteroatoms. The first-order chi connectivity index (χ1) is 9.99. The average molecular weight is 307 g/mol. The fourth-order valence-corrected chi connectivity index (χ4v) is 2.82. The molecule has 1 aromatic carbocycles. The van der Waals surface area contributed by atoms with Gasteiger partial charge in [0.15, 0.2) is 0 Å². The minimum absolute atomic E-state index is 0.118. The first-order valence-corrected chi connectivity index (χ1v) is 7.10. The van der Waals surface area contributed by atoms with E-state index in [2.05, 4.69) is 15.1 Å². The Morgan fingerprint density at radius 1 is 1.29 bits per heavy atom. The zero-order valence-corrected chi connectivity index (χ0v) is 11.4. The summed E-state index contributed by atoms with van der Waals surface area (Å²) in [5.74, 6) is 4.42. The van der Waals surface area contributed by atoms with Crippen LogP contribution in [0, 0.1) is 17.1 Å². The molecule has 0 fully saturated rings. The van der Waals surface area contributed by atoms with Crippen LogP contribution in [0.1, 0.15) is 5.56 Å². The van der Waals surface area contributed by atoms with Gasteiger partial charge in [-0.15, -0.1) is 0 Å². The number of nitrogens with one attached hydrogen (secondary N) is 2. The van der Waals surface area contributed by atoms with Crippen molar-refractivity contribution in [2.75, 3.05) is 10.1 Å². The van der Waals surface area contributed by atoms with Gasteiger partial charge in [0.25, 0.3) is 10.0 Å². The highest BCUT2D eigenvalue weighted by atomic mass is 32.2. The lowest BCUT2D eigenvalue weighted by Gasteiger charge is -2.12. The Bertz CT molecular complexity index is 817. The van der Waals surface area contributed by atoms with E-state index in [-0.39, 0.29) is 16.3 Å². The summed E-state index contributed by atoms with van der Waals surface area (Å²) in [4.78, 5) is 3.49. The molecule has 0 aliphatic carbocycles. The van der Waals surface area contributed by atoms with E-state index in [1.54, 1.807) is 6.07 Å². The molecule has 0 bridgehead atoms.